The predicted molar refractivity (Wildman–Crippen MR) is 164 cm³/mol. The third-order valence-electron chi connectivity index (χ3n) is 6.34. The van der Waals surface area contributed by atoms with E-state index in [1.54, 1.807) is 51.4 Å². The highest BCUT2D eigenvalue weighted by Crippen LogP contribution is 2.51. The minimum absolute atomic E-state index is 0.0362. The molecule has 0 fully saturated rings. The van der Waals surface area contributed by atoms with Gasteiger partial charge in [-0.15, -0.1) is 45.3 Å². The highest BCUT2D eigenvalue weighted by Gasteiger charge is 2.24. The van der Waals surface area contributed by atoms with Crippen molar-refractivity contribution in [1.29, 1.82) is 5.26 Å². The Labute approximate surface area is 249 Å². The van der Waals surface area contributed by atoms with E-state index in [1.807, 2.05) is 17.5 Å². The minimum Gasteiger partial charge on any atom is -0.485 e. The maximum atomic E-state index is 12.6. The van der Waals surface area contributed by atoms with Crippen LogP contribution in [0.3, 0.4) is 0 Å². The average molecular weight is 613 g/mol. The van der Waals surface area contributed by atoms with Gasteiger partial charge in [-0.1, -0.05) is 0 Å². The normalized spacial score (nSPS) is 13.1. The van der Waals surface area contributed by atoms with Gasteiger partial charge in [-0.3, -0.25) is 4.79 Å². The molecule has 1 amide bonds. The Balaban J connectivity index is 1.39. The summed E-state index contributed by atoms with van der Waals surface area (Å²) in [6.07, 6.45) is 1.06. The first-order valence-corrected chi connectivity index (χ1v) is 15.8. The van der Waals surface area contributed by atoms with E-state index >= 15 is 0 Å². The van der Waals surface area contributed by atoms with Gasteiger partial charge in [0, 0.05) is 44.0 Å². The summed E-state index contributed by atoms with van der Waals surface area (Å²) in [5, 5.41) is 14.3. The van der Waals surface area contributed by atoms with E-state index in [1.165, 1.54) is 44.9 Å². The average Bonchev–Trinajstić information content (AvgIpc) is 3.72. The molecule has 0 saturated heterocycles. The third kappa shape index (κ3) is 5.74. The predicted octanol–water partition coefficient (Wildman–Crippen LogP) is 7.27. The second-order valence-electron chi connectivity index (χ2n) is 9.14. The first-order valence-electron chi connectivity index (χ1n) is 12.5. The fraction of sp³-hybridized carbons (Fsp3) is 0.310. The van der Waals surface area contributed by atoms with Crippen molar-refractivity contribution < 1.29 is 23.7 Å². The Morgan fingerprint density at radius 2 is 1.57 bits per heavy atom. The molecule has 40 heavy (non-hydrogen) atoms. The second kappa shape index (κ2) is 12.3. The lowest BCUT2D eigenvalue weighted by atomic mass is 10.1. The van der Waals surface area contributed by atoms with Crippen LogP contribution in [0.2, 0.25) is 0 Å². The molecule has 1 aliphatic rings. The van der Waals surface area contributed by atoms with E-state index in [9.17, 15) is 10.1 Å². The van der Waals surface area contributed by atoms with Gasteiger partial charge in [0.15, 0.2) is 17.8 Å². The molecule has 0 radical (unpaired) electrons. The van der Waals surface area contributed by atoms with E-state index in [0.29, 0.717) is 13.2 Å². The first kappa shape index (κ1) is 28.5. The van der Waals surface area contributed by atoms with E-state index < -0.39 is 12.2 Å². The Hall–Kier alpha value is -2.98. The standard InChI is InChI=1S/C29H28N2O5S4/c1-15-8-19(11-18(12-30)29(32)31-13-23(33-4)34-5)38-25(15)26-16(2)9-21(39-26)22-10-17(3)27(40-22)28-24-20(14-37-28)35-6-7-36-24/h8-11,14,23H,6-7,13H2,1-5H3,(H,31,32)/b18-11+. The van der Waals surface area contributed by atoms with Crippen molar-refractivity contribution in [3.8, 4) is 46.8 Å². The Morgan fingerprint density at radius 1 is 0.975 bits per heavy atom. The SMILES string of the molecule is COC(CNC(=O)/C(C#N)=C/c1cc(C)c(-c2sc(-c3cc(C)c(-c4scc5c4OCCO5)s3)cc2C)s1)OC. The van der Waals surface area contributed by atoms with Gasteiger partial charge in [-0.05, 0) is 61.7 Å². The number of carbonyl (C=O) groups excluding carboxylic acids is 1. The summed E-state index contributed by atoms with van der Waals surface area (Å²) in [4.78, 5) is 20.5. The number of thiophene rings is 4. The zero-order chi connectivity index (χ0) is 28.4. The lowest BCUT2D eigenvalue weighted by Gasteiger charge is -2.15. The maximum absolute atomic E-state index is 12.6. The molecule has 0 atom stereocenters. The molecule has 1 aliphatic heterocycles. The molecule has 0 unspecified atom stereocenters. The number of fused-ring (bicyclic) bond motifs is 1. The summed E-state index contributed by atoms with van der Waals surface area (Å²) in [5.74, 6) is 1.23. The van der Waals surface area contributed by atoms with Crippen molar-refractivity contribution in [2.24, 2.45) is 0 Å². The van der Waals surface area contributed by atoms with Crippen molar-refractivity contribution in [2.75, 3.05) is 34.0 Å². The second-order valence-corrected chi connectivity index (χ2v) is 13.2. The third-order valence-corrected chi connectivity index (χ3v) is 11.5. The monoisotopic (exact) mass is 612 g/mol. The van der Waals surface area contributed by atoms with Gasteiger partial charge < -0.3 is 24.3 Å². The smallest absolute Gasteiger partial charge is 0.262 e. The van der Waals surface area contributed by atoms with Gasteiger partial charge in [-0.25, -0.2) is 0 Å². The number of aryl methyl sites for hydroxylation is 3. The number of rotatable bonds is 9. The molecule has 11 heteroatoms. The molecular formula is C29H28N2O5S4. The number of methoxy groups -OCH3 is 2. The quantitative estimate of drug-likeness (QED) is 0.121. The molecule has 1 N–H and O–H groups in total. The number of hydrogen-bond donors (Lipinski definition) is 1. The molecule has 0 aromatic carbocycles. The lowest BCUT2D eigenvalue weighted by molar-refractivity contribution is -0.123. The zero-order valence-corrected chi connectivity index (χ0v) is 26.0. The Morgan fingerprint density at radius 3 is 2.23 bits per heavy atom. The molecule has 4 aromatic heterocycles. The number of amides is 1. The fourth-order valence-electron chi connectivity index (χ4n) is 4.31. The Bertz CT molecular complexity index is 1610. The molecule has 0 spiro atoms. The highest BCUT2D eigenvalue weighted by atomic mass is 32.1. The molecule has 0 aliphatic carbocycles. The van der Waals surface area contributed by atoms with E-state index in [0.717, 1.165) is 31.7 Å². The van der Waals surface area contributed by atoms with Crippen LogP contribution < -0.4 is 14.8 Å². The van der Waals surface area contributed by atoms with Gasteiger partial charge in [0.25, 0.3) is 5.91 Å². The van der Waals surface area contributed by atoms with Crippen molar-refractivity contribution >= 4 is 57.3 Å². The number of hydrogen-bond acceptors (Lipinski definition) is 10. The molecule has 0 saturated carbocycles. The van der Waals surface area contributed by atoms with Crippen molar-refractivity contribution in [1.82, 2.24) is 5.32 Å². The summed E-state index contributed by atoms with van der Waals surface area (Å²) in [6.45, 7) is 7.64. The van der Waals surface area contributed by atoms with Crippen LogP contribution in [0.25, 0.3) is 35.3 Å². The summed E-state index contributed by atoms with van der Waals surface area (Å²) in [6, 6.07) is 8.52. The summed E-state index contributed by atoms with van der Waals surface area (Å²) >= 11 is 6.78. The summed E-state index contributed by atoms with van der Waals surface area (Å²) < 4.78 is 21.9. The van der Waals surface area contributed by atoms with Crippen LogP contribution in [-0.2, 0) is 14.3 Å². The fourth-order valence-corrected chi connectivity index (χ4v) is 9.24. The van der Waals surface area contributed by atoms with Gasteiger partial charge >= 0.3 is 0 Å². The Kier molecular flexibility index (Phi) is 8.75. The number of nitrogens with zero attached hydrogens (tertiary/aromatic N) is 1. The van der Waals surface area contributed by atoms with Crippen LogP contribution in [0.1, 0.15) is 21.6 Å². The molecule has 7 nitrogen and oxygen atoms in total. The highest BCUT2D eigenvalue weighted by molar-refractivity contribution is 7.28. The first-order chi connectivity index (χ1) is 19.3. The summed E-state index contributed by atoms with van der Waals surface area (Å²) in [7, 11) is 2.99. The van der Waals surface area contributed by atoms with Gasteiger partial charge in [-0.2, -0.15) is 5.26 Å². The molecule has 4 aromatic rings. The minimum atomic E-state index is -0.572. The number of ether oxygens (including phenoxy) is 4. The molecule has 5 heterocycles. The zero-order valence-electron chi connectivity index (χ0n) is 22.7. The molecular weight excluding hydrogens is 585 g/mol. The lowest BCUT2D eigenvalue weighted by Crippen LogP contribution is -2.34. The van der Waals surface area contributed by atoms with Crippen molar-refractivity contribution in [3.05, 3.63) is 50.7 Å². The van der Waals surface area contributed by atoms with E-state index in [2.05, 4.69) is 38.2 Å². The van der Waals surface area contributed by atoms with Gasteiger partial charge in [0.1, 0.15) is 24.9 Å². The van der Waals surface area contributed by atoms with Crippen molar-refractivity contribution in [3.63, 3.8) is 0 Å². The van der Waals surface area contributed by atoms with E-state index in [4.69, 9.17) is 18.9 Å². The van der Waals surface area contributed by atoms with Crippen LogP contribution in [0.15, 0.2) is 29.2 Å². The largest absolute Gasteiger partial charge is 0.485 e. The topological polar surface area (TPSA) is 89.8 Å². The van der Waals surface area contributed by atoms with Crippen LogP contribution >= 0.6 is 45.3 Å². The van der Waals surface area contributed by atoms with Crippen LogP contribution in [0.5, 0.6) is 11.5 Å². The van der Waals surface area contributed by atoms with Crippen LogP contribution in [-0.4, -0.2) is 46.2 Å². The molecule has 208 valence electrons. The van der Waals surface area contributed by atoms with Gasteiger partial charge in [0.05, 0.1) is 16.3 Å². The summed E-state index contributed by atoms with van der Waals surface area (Å²) in [5.41, 5.74) is 3.56. The molecule has 5 rings (SSSR count). The van der Waals surface area contributed by atoms with E-state index in [-0.39, 0.29) is 12.1 Å². The van der Waals surface area contributed by atoms with Crippen LogP contribution in [0.4, 0.5) is 0 Å². The maximum Gasteiger partial charge on any atom is 0.262 e. The van der Waals surface area contributed by atoms with Crippen molar-refractivity contribution in [2.45, 2.75) is 27.1 Å². The van der Waals surface area contributed by atoms with Gasteiger partial charge in [0.2, 0.25) is 0 Å². The number of carbonyl (C=O) groups is 1. The molecule has 0 bridgehead atoms. The number of nitriles is 1. The van der Waals surface area contributed by atoms with Crippen LogP contribution in [0, 0.1) is 32.1 Å². The number of nitrogens with one attached hydrogen (secondary N) is 1.